The standard InChI is InChI=1S/C14H20F2N2O2S/c1-8-11(9-5-14(15,16)6-9)21-10(18-8)7-17-12(19)20-13(2,3)4/h9H,5-7H2,1-4H3,(H,17,19). The van der Waals surface area contributed by atoms with Crippen molar-refractivity contribution in [3.05, 3.63) is 15.6 Å². The number of thiazole rings is 1. The van der Waals surface area contributed by atoms with Crippen LogP contribution in [0.3, 0.4) is 0 Å². The Morgan fingerprint density at radius 2 is 2.10 bits per heavy atom. The molecule has 0 aliphatic heterocycles. The van der Waals surface area contributed by atoms with Gasteiger partial charge in [0.1, 0.15) is 10.6 Å². The summed E-state index contributed by atoms with van der Waals surface area (Å²) in [6, 6.07) is 0. The van der Waals surface area contributed by atoms with Gasteiger partial charge in [-0.1, -0.05) is 0 Å². The molecule has 0 atom stereocenters. The lowest BCUT2D eigenvalue weighted by atomic mass is 9.80. The van der Waals surface area contributed by atoms with E-state index in [1.165, 1.54) is 11.3 Å². The van der Waals surface area contributed by atoms with Crippen LogP contribution in [0.2, 0.25) is 0 Å². The van der Waals surface area contributed by atoms with Crippen LogP contribution in [0.15, 0.2) is 0 Å². The van der Waals surface area contributed by atoms with E-state index >= 15 is 0 Å². The molecule has 2 rings (SSSR count). The third kappa shape index (κ3) is 4.36. The minimum atomic E-state index is -2.53. The van der Waals surface area contributed by atoms with E-state index in [1.807, 2.05) is 6.92 Å². The number of halogens is 2. The number of carbonyl (C=O) groups excluding carboxylic acids is 1. The van der Waals surface area contributed by atoms with Gasteiger partial charge in [-0.3, -0.25) is 0 Å². The van der Waals surface area contributed by atoms with Crippen LogP contribution >= 0.6 is 11.3 Å². The zero-order valence-corrected chi connectivity index (χ0v) is 13.4. The van der Waals surface area contributed by atoms with Crippen LogP contribution in [0.5, 0.6) is 0 Å². The zero-order valence-electron chi connectivity index (χ0n) is 12.6. The van der Waals surface area contributed by atoms with E-state index in [1.54, 1.807) is 20.8 Å². The molecular formula is C14H20F2N2O2S. The summed E-state index contributed by atoms with van der Waals surface area (Å²) in [4.78, 5) is 16.8. The molecular weight excluding hydrogens is 298 g/mol. The van der Waals surface area contributed by atoms with Crippen LogP contribution in [0.4, 0.5) is 13.6 Å². The Kier molecular flexibility index (Phi) is 4.24. The Morgan fingerprint density at radius 3 is 2.62 bits per heavy atom. The van der Waals surface area contributed by atoms with E-state index in [0.29, 0.717) is 5.01 Å². The lowest BCUT2D eigenvalue weighted by molar-refractivity contribution is -0.0861. The lowest BCUT2D eigenvalue weighted by Crippen LogP contribution is -2.33. The molecule has 1 aliphatic rings. The van der Waals surface area contributed by atoms with Crippen molar-refractivity contribution in [2.75, 3.05) is 0 Å². The second kappa shape index (κ2) is 5.51. The molecule has 1 N–H and O–H groups in total. The van der Waals surface area contributed by atoms with Crippen molar-refractivity contribution in [1.82, 2.24) is 10.3 Å². The number of hydrogen-bond acceptors (Lipinski definition) is 4. The zero-order chi connectivity index (χ0) is 15.8. The van der Waals surface area contributed by atoms with E-state index in [4.69, 9.17) is 4.74 Å². The highest BCUT2D eigenvalue weighted by molar-refractivity contribution is 7.11. The Bertz CT molecular complexity index is 530. The predicted octanol–water partition coefficient (Wildman–Crippen LogP) is 3.99. The first-order valence-corrected chi connectivity index (χ1v) is 7.68. The van der Waals surface area contributed by atoms with Crippen LogP contribution in [-0.2, 0) is 11.3 Å². The molecule has 0 aromatic carbocycles. The summed E-state index contributed by atoms with van der Waals surface area (Å²) in [5.41, 5.74) is 0.229. The van der Waals surface area contributed by atoms with Crippen molar-refractivity contribution >= 4 is 17.4 Å². The topological polar surface area (TPSA) is 51.2 Å². The molecule has 4 nitrogen and oxygen atoms in total. The minimum absolute atomic E-state index is 0.102. The van der Waals surface area contributed by atoms with Gasteiger partial charge in [-0.15, -0.1) is 11.3 Å². The smallest absolute Gasteiger partial charge is 0.408 e. The lowest BCUT2D eigenvalue weighted by Gasteiger charge is -2.34. The minimum Gasteiger partial charge on any atom is -0.444 e. The van der Waals surface area contributed by atoms with Gasteiger partial charge in [-0.2, -0.15) is 0 Å². The Morgan fingerprint density at radius 1 is 1.48 bits per heavy atom. The summed E-state index contributed by atoms with van der Waals surface area (Å²) in [5, 5.41) is 3.34. The van der Waals surface area contributed by atoms with E-state index in [9.17, 15) is 13.6 Å². The average molecular weight is 318 g/mol. The third-order valence-corrected chi connectivity index (χ3v) is 4.44. The quantitative estimate of drug-likeness (QED) is 0.917. The predicted molar refractivity (Wildman–Crippen MR) is 76.8 cm³/mol. The summed E-state index contributed by atoms with van der Waals surface area (Å²) in [5.74, 6) is -2.64. The van der Waals surface area contributed by atoms with Crippen LogP contribution < -0.4 is 5.32 Å². The molecule has 118 valence electrons. The van der Waals surface area contributed by atoms with Gasteiger partial charge in [0.05, 0.1) is 12.2 Å². The Labute approximate surface area is 126 Å². The molecule has 1 amide bonds. The van der Waals surface area contributed by atoms with Crippen molar-refractivity contribution in [3.8, 4) is 0 Å². The van der Waals surface area contributed by atoms with Crippen molar-refractivity contribution < 1.29 is 18.3 Å². The number of hydrogen-bond donors (Lipinski definition) is 1. The van der Waals surface area contributed by atoms with E-state index in [2.05, 4.69) is 10.3 Å². The Balaban J connectivity index is 1.90. The molecule has 0 spiro atoms. The first kappa shape index (κ1) is 16.1. The van der Waals surface area contributed by atoms with Gasteiger partial charge in [0.25, 0.3) is 0 Å². The van der Waals surface area contributed by atoms with Crippen molar-refractivity contribution in [2.45, 2.75) is 64.5 Å². The van der Waals surface area contributed by atoms with Gasteiger partial charge in [-0.25, -0.2) is 18.6 Å². The second-order valence-electron chi connectivity index (χ2n) is 6.37. The summed E-state index contributed by atoms with van der Waals surface area (Å²) < 4.78 is 31.0. The number of amides is 1. The maximum Gasteiger partial charge on any atom is 0.408 e. The summed E-state index contributed by atoms with van der Waals surface area (Å²) in [7, 11) is 0. The highest BCUT2D eigenvalue weighted by Crippen LogP contribution is 2.50. The number of nitrogens with zero attached hydrogens (tertiary/aromatic N) is 1. The van der Waals surface area contributed by atoms with Gasteiger partial charge in [0.15, 0.2) is 0 Å². The van der Waals surface area contributed by atoms with E-state index < -0.39 is 17.6 Å². The normalized spacial score (nSPS) is 18.2. The molecule has 1 saturated carbocycles. The fourth-order valence-electron chi connectivity index (χ4n) is 2.23. The van der Waals surface area contributed by atoms with Gasteiger partial charge in [0.2, 0.25) is 5.92 Å². The third-order valence-electron chi connectivity index (χ3n) is 3.12. The first-order valence-electron chi connectivity index (χ1n) is 6.87. The van der Waals surface area contributed by atoms with Crippen LogP contribution in [-0.4, -0.2) is 22.6 Å². The molecule has 1 fully saturated rings. The largest absolute Gasteiger partial charge is 0.444 e. The van der Waals surface area contributed by atoms with E-state index in [0.717, 1.165) is 10.6 Å². The van der Waals surface area contributed by atoms with Crippen LogP contribution in [0, 0.1) is 6.92 Å². The van der Waals surface area contributed by atoms with Crippen LogP contribution in [0.25, 0.3) is 0 Å². The highest BCUT2D eigenvalue weighted by atomic mass is 32.1. The fraction of sp³-hybridized carbons (Fsp3) is 0.714. The first-order chi connectivity index (χ1) is 9.56. The number of carbonyl (C=O) groups is 1. The molecule has 1 aromatic heterocycles. The maximum atomic E-state index is 12.9. The SMILES string of the molecule is Cc1nc(CNC(=O)OC(C)(C)C)sc1C1CC(F)(F)C1. The molecule has 0 unspecified atom stereocenters. The monoisotopic (exact) mass is 318 g/mol. The van der Waals surface area contributed by atoms with Crippen molar-refractivity contribution in [3.63, 3.8) is 0 Å². The molecule has 1 heterocycles. The second-order valence-corrected chi connectivity index (χ2v) is 7.49. The van der Waals surface area contributed by atoms with E-state index in [-0.39, 0.29) is 25.3 Å². The highest BCUT2D eigenvalue weighted by Gasteiger charge is 2.47. The number of ether oxygens (including phenoxy) is 1. The Hall–Kier alpha value is -1.24. The van der Waals surface area contributed by atoms with Gasteiger partial charge < -0.3 is 10.1 Å². The van der Waals surface area contributed by atoms with Crippen LogP contribution in [0.1, 0.15) is 55.1 Å². The molecule has 7 heteroatoms. The molecule has 0 saturated heterocycles. The fourth-order valence-corrected chi connectivity index (χ4v) is 3.34. The molecule has 21 heavy (non-hydrogen) atoms. The molecule has 1 aliphatic carbocycles. The molecule has 1 aromatic rings. The number of alkyl carbamates (subject to hydrolysis) is 1. The molecule has 0 radical (unpaired) electrons. The number of nitrogens with one attached hydrogen (secondary N) is 1. The number of aryl methyl sites for hydroxylation is 1. The summed E-state index contributed by atoms with van der Waals surface area (Å²) in [6.45, 7) is 7.43. The summed E-state index contributed by atoms with van der Waals surface area (Å²) in [6.07, 6.45) is -0.712. The van der Waals surface area contributed by atoms with Crippen molar-refractivity contribution in [2.24, 2.45) is 0 Å². The number of alkyl halides is 2. The van der Waals surface area contributed by atoms with Gasteiger partial charge in [-0.05, 0) is 27.7 Å². The molecule has 0 bridgehead atoms. The summed E-state index contributed by atoms with van der Waals surface area (Å²) >= 11 is 1.39. The number of rotatable bonds is 3. The van der Waals surface area contributed by atoms with Crippen molar-refractivity contribution in [1.29, 1.82) is 0 Å². The number of aromatic nitrogens is 1. The van der Waals surface area contributed by atoms with Gasteiger partial charge in [0, 0.05) is 23.6 Å². The maximum absolute atomic E-state index is 12.9. The van der Waals surface area contributed by atoms with Gasteiger partial charge >= 0.3 is 6.09 Å². The average Bonchev–Trinajstić information content (AvgIpc) is 2.62.